The van der Waals surface area contributed by atoms with Crippen LogP contribution in [0.4, 0.5) is 5.82 Å². The molecule has 1 aromatic heterocycles. The minimum Gasteiger partial charge on any atom is -0.506 e. The second-order valence-electron chi connectivity index (χ2n) is 10.0. The summed E-state index contributed by atoms with van der Waals surface area (Å²) in [5, 5.41) is 12.9. The lowest BCUT2D eigenvalue weighted by atomic mass is 9.57. The molecule has 2 N–H and O–H groups in total. The number of nitrogens with one attached hydrogen (secondary N) is 1. The molecule has 1 amide bonds. The molecule has 2 atom stereocenters. The first-order chi connectivity index (χ1) is 13.9. The number of nitrogens with zero attached hydrogens (tertiary/aromatic N) is 3. The van der Waals surface area contributed by atoms with E-state index < -0.39 is 0 Å². The number of pyridine rings is 1. The summed E-state index contributed by atoms with van der Waals surface area (Å²) in [6.45, 7) is 9.27. The third kappa shape index (κ3) is 4.85. The zero-order valence-corrected chi connectivity index (χ0v) is 17.9. The van der Waals surface area contributed by atoms with E-state index in [0.717, 1.165) is 56.3 Å². The van der Waals surface area contributed by atoms with Gasteiger partial charge in [0.05, 0.1) is 12.7 Å². The molecule has 160 valence electrons. The fraction of sp³-hybridized carbons (Fsp3) is 0.739. The molecule has 2 bridgehead atoms. The Labute approximate surface area is 174 Å². The number of hydrogen-bond acceptors (Lipinski definition) is 5. The van der Waals surface area contributed by atoms with Crippen LogP contribution in [-0.2, 0) is 4.79 Å². The number of carbonyl (C=O) groups is 1. The predicted molar refractivity (Wildman–Crippen MR) is 115 cm³/mol. The van der Waals surface area contributed by atoms with Crippen molar-refractivity contribution in [1.82, 2.24) is 15.2 Å². The molecule has 2 aliphatic carbocycles. The Morgan fingerprint density at radius 3 is 2.45 bits per heavy atom. The minimum atomic E-state index is 0.180. The van der Waals surface area contributed by atoms with Crippen molar-refractivity contribution in [2.75, 3.05) is 44.2 Å². The zero-order chi connectivity index (χ0) is 20.4. The van der Waals surface area contributed by atoms with Crippen molar-refractivity contribution < 1.29 is 9.90 Å². The third-order valence-corrected chi connectivity index (χ3v) is 7.22. The Kier molecular flexibility index (Phi) is 6.00. The Morgan fingerprint density at radius 2 is 1.83 bits per heavy atom. The third-order valence-electron chi connectivity index (χ3n) is 7.22. The van der Waals surface area contributed by atoms with Gasteiger partial charge in [0.25, 0.3) is 0 Å². The molecule has 6 heteroatoms. The largest absolute Gasteiger partial charge is 0.506 e. The maximum Gasteiger partial charge on any atom is 0.236 e. The van der Waals surface area contributed by atoms with Crippen molar-refractivity contribution in [1.29, 1.82) is 0 Å². The van der Waals surface area contributed by atoms with Gasteiger partial charge in [-0.3, -0.25) is 4.79 Å². The molecule has 0 radical (unpaired) electrons. The molecule has 6 nitrogen and oxygen atoms in total. The fourth-order valence-electron chi connectivity index (χ4n) is 6.42. The number of aromatic hydroxyl groups is 1. The molecule has 3 aliphatic rings. The van der Waals surface area contributed by atoms with Crippen molar-refractivity contribution in [3.63, 3.8) is 0 Å². The Balaban J connectivity index is 1.24. The molecular weight excluding hydrogens is 364 g/mol. The number of fused-ring (bicyclic) bond motifs is 2. The Morgan fingerprint density at radius 1 is 1.14 bits per heavy atom. The summed E-state index contributed by atoms with van der Waals surface area (Å²) in [4.78, 5) is 21.1. The number of anilines is 1. The molecule has 4 rings (SSSR count). The molecule has 0 spiro atoms. The maximum atomic E-state index is 12.7. The quantitative estimate of drug-likeness (QED) is 0.795. The van der Waals surface area contributed by atoms with E-state index in [1.165, 1.54) is 38.3 Å². The highest BCUT2D eigenvalue weighted by atomic mass is 16.3. The van der Waals surface area contributed by atoms with Gasteiger partial charge in [0.2, 0.25) is 5.91 Å². The molecular formula is C23H36N4O2. The van der Waals surface area contributed by atoms with Crippen LogP contribution < -0.4 is 10.2 Å². The summed E-state index contributed by atoms with van der Waals surface area (Å²) < 4.78 is 0. The van der Waals surface area contributed by atoms with Gasteiger partial charge < -0.3 is 20.2 Å². The van der Waals surface area contributed by atoms with E-state index in [1.54, 1.807) is 6.07 Å². The van der Waals surface area contributed by atoms with E-state index >= 15 is 0 Å². The summed E-state index contributed by atoms with van der Waals surface area (Å²) in [5.41, 5.74) is 0.406. The fourth-order valence-corrected chi connectivity index (χ4v) is 6.42. The van der Waals surface area contributed by atoms with E-state index in [1.807, 2.05) is 11.0 Å². The summed E-state index contributed by atoms with van der Waals surface area (Å²) in [7, 11) is 0. The smallest absolute Gasteiger partial charge is 0.236 e. The normalized spacial score (nSPS) is 32.3. The van der Waals surface area contributed by atoms with Crippen LogP contribution >= 0.6 is 0 Å². The average molecular weight is 401 g/mol. The molecule has 2 saturated carbocycles. The molecule has 1 aromatic rings. The highest BCUT2D eigenvalue weighted by Crippen LogP contribution is 2.52. The van der Waals surface area contributed by atoms with E-state index in [2.05, 4.69) is 29.0 Å². The van der Waals surface area contributed by atoms with Gasteiger partial charge in [0, 0.05) is 32.7 Å². The van der Waals surface area contributed by atoms with Crippen LogP contribution in [0.5, 0.6) is 5.75 Å². The van der Waals surface area contributed by atoms with Crippen LogP contribution in [0.25, 0.3) is 0 Å². The Bertz CT molecular complexity index is 680. The second-order valence-corrected chi connectivity index (χ2v) is 10.0. The average Bonchev–Trinajstić information content (AvgIpc) is 2.67. The molecule has 1 saturated heterocycles. The van der Waals surface area contributed by atoms with Crippen molar-refractivity contribution >= 4 is 11.7 Å². The van der Waals surface area contributed by atoms with Crippen LogP contribution in [0.2, 0.25) is 0 Å². The summed E-state index contributed by atoms with van der Waals surface area (Å²) in [5.74, 6) is 3.78. The van der Waals surface area contributed by atoms with E-state index in [9.17, 15) is 9.90 Å². The van der Waals surface area contributed by atoms with E-state index in [-0.39, 0.29) is 11.7 Å². The predicted octanol–water partition coefficient (Wildman–Crippen LogP) is 2.88. The maximum absolute atomic E-state index is 12.7. The van der Waals surface area contributed by atoms with Crippen LogP contribution in [-0.4, -0.2) is 60.2 Å². The van der Waals surface area contributed by atoms with E-state index in [0.29, 0.717) is 12.0 Å². The lowest BCUT2D eigenvalue weighted by Crippen LogP contribution is -2.52. The van der Waals surface area contributed by atoms with Gasteiger partial charge in [0.15, 0.2) is 0 Å². The molecule has 0 aromatic carbocycles. The highest BCUT2D eigenvalue weighted by Gasteiger charge is 2.43. The number of rotatable bonds is 5. The van der Waals surface area contributed by atoms with Gasteiger partial charge in [-0.1, -0.05) is 13.8 Å². The number of aromatic nitrogens is 1. The van der Waals surface area contributed by atoms with Gasteiger partial charge in [-0.05, 0) is 67.4 Å². The number of carbonyl (C=O) groups excluding carboxylic acids is 1. The van der Waals surface area contributed by atoms with Crippen LogP contribution in [0.3, 0.4) is 0 Å². The van der Waals surface area contributed by atoms with Gasteiger partial charge in [0.1, 0.15) is 11.6 Å². The van der Waals surface area contributed by atoms with Crippen molar-refractivity contribution in [3.05, 3.63) is 18.3 Å². The second kappa shape index (κ2) is 8.50. The monoisotopic (exact) mass is 400 g/mol. The van der Waals surface area contributed by atoms with E-state index in [4.69, 9.17) is 0 Å². The SMILES string of the molecule is CC1CC2CC(C)CC(CNCC(=O)N3CCN(c4ccc(O)cn4)CC3)(C1)C2. The van der Waals surface area contributed by atoms with Crippen molar-refractivity contribution in [2.45, 2.75) is 46.0 Å². The summed E-state index contributed by atoms with van der Waals surface area (Å²) >= 11 is 0. The minimum absolute atomic E-state index is 0.180. The molecule has 2 heterocycles. The number of piperazine rings is 1. The lowest BCUT2D eigenvalue weighted by molar-refractivity contribution is -0.130. The first-order valence-corrected chi connectivity index (χ1v) is 11.3. The van der Waals surface area contributed by atoms with Gasteiger partial charge in [-0.15, -0.1) is 0 Å². The summed E-state index contributed by atoms with van der Waals surface area (Å²) in [6.07, 6.45) is 8.23. The molecule has 3 fully saturated rings. The van der Waals surface area contributed by atoms with Gasteiger partial charge in [-0.2, -0.15) is 0 Å². The van der Waals surface area contributed by atoms with Gasteiger partial charge >= 0.3 is 0 Å². The number of hydrogen-bond donors (Lipinski definition) is 2. The first kappa shape index (κ1) is 20.5. The standard InChI is InChI=1S/C23H36N4O2/c1-17-9-19-10-18(2)12-23(11-17,13-19)16-24-15-22(29)27-7-5-26(6-8-27)21-4-3-20(28)14-25-21/h3-4,14,17-19,24,28H,5-13,15-16H2,1-2H3. The zero-order valence-electron chi connectivity index (χ0n) is 17.9. The number of amides is 1. The highest BCUT2D eigenvalue weighted by molar-refractivity contribution is 5.78. The topological polar surface area (TPSA) is 68.7 Å². The summed E-state index contributed by atoms with van der Waals surface area (Å²) in [6, 6.07) is 3.49. The van der Waals surface area contributed by atoms with Crippen LogP contribution in [0, 0.1) is 23.2 Å². The first-order valence-electron chi connectivity index (χ1n) is 11.3. The molecule has 2 unspecified atom stereocenters. The van der Waals surface area contributed by atoms with Crippen LogP contribution in [0.1, 0.15) is 46.0 Å². The lowest BCUT2D eigenvalue weighted by Gasteiger charge is -2.50. The Hall–Kier alpha value is -1.82. The van der Waals surface area contributed by atoms with Crippen molar-refractivity contribution in [2.24, 2.45) is 23.2 Å². The van der Waals surface area contributed by atoms with Crippen molar-refractivity contribution in [3.8, 4) is 5.75 Å². The van der Waals surface area contributed by atoms with Crippen LogP contribution in [0.15, 0.2) is 18.3 Å². The molecule has 1 aliphatic heterocycles. The molecule has 29 heavy (non-hydrogen) atoms. The van der Waals surface area contributed by atoms with Gasteiger partial charge in [-0.25, -0.2) is 4.98 Å².